The quantitative estimate of drug-likeness (QED) is 0.183. The van der Waals surface area contributed by atoms with Crippen LogP contribution in [0.3, 0.4) is 0 Å². The van der Waals surface area contributed by atoms with Gasteiger partial charge in [-0.25, -0.2) is 23.8 Å². The molecule has 0 amide bonds. The van der Waals surface area contributed by atoms with Crippen LogP contribution < -0.4 is 17.0 Å². The zero-order valence-electron chi connectivity index (χ0n) is 11.1. The summed E-state index contributed by atoms with van der Waals surface area (Å²) in [6, 6.07) is 0. The van der Waals surface area contributed by atoms with Crippen LogP contribution >= 0.6 is 0 Å². The summed E-state index contributed by atoms with van der Waals surface area (Å²) in [5.41, 5.74) is 1.20. The average Bonchev–Trinajstić information content (AvgIpc) is 2.74. The number of hydrogen-bond acceptors (Lipinski definition) is 8. The minimum Gasteiger partial charge on any atom is -1.00 e. The number of rotatable bonds is 1. The van der Waals surface area contributed by atoms with Gasteiger partial charge in [0.05, 0.1) is 20.0 Å². The summed E-state index contributed by atoms with van der Waals surface area (Å²) in [7, 11) is 0. The third-order valence-corrected chi connectivity index (χ3v) is 4.02. The van der Waals surface area contributed by atoms with Crippen molar-refractivity contribution >= 4 is 5.84 Å². The molecule has 10 heteroatoms. The molecule has 4 aliphatic heterocycles. The summed E-state index contributed by atoms with van der Waals surface area (Å²) < 4.78 is 5.31. The van der Waals surface area contributed by atoms with Crippen LogP contribution in [0.5, 0.6) is 0 Å². The molecule has 5 heterocycles. The van der Waals surface area contributed by atoms with Gasteiger partial charge in [-0.2, -0.15) is 0 Å². The van der Waals surface area contributed by atoms with Crippen LogP contribution in [0.4, 0.5) is 0 Å². The van der Waals surface area contributed by atoms with Gasteiger partial charge in [-0.3, -0.25) is 0 Å². The number of amidine groups is 1. The lowest BCUT2D eigenvalue weighted by atomic mass is 10.2. The Hall–Kier alpha value is -1.07. The van der Waals surface area contributed by atoms with E-state index in [1.54, 1.807) is 0 Å². The van der Waals surface area contributed by atoms with Gasteiger partial charge in [-0.05, 0) is 17.2 Å². The zero-order chi connectivity index (χ0) is 13.0. The first-order chi connectivity index (χ1) is 9.20. The highest BCUT2D eigenvalue weighted by Crippen LogP contribution is 2.31. The molecule has 0 atom stereocenters. The lowest BCUT2D eigenvalue weighted by Gasteiger charge is -2.59. The molecular weight excluding hydrogens is 330 g/mol. The second kappa shape index (κ2) is 4.74. The van der Waals surface area contributed by atoms with E-state index in [-0.39, 0.29) is 17.0 Å². The number of hydrogen-bond donors (Lipinski definition) is 1. The van der Waals surface area contributed by atoms with Crippen LogP contribution in [0.25, 0.3) is 0 Å². The molecule has 4 aliphatic rings. The van der Waals surface area contributed by atoms with Crippen molar-refractivity contribution in [3.05, 3.63) is 11.4 Å². The molecular formula is C10H16BrN7O2. The Kier molecular flexibility index (Phi) is 3.29. The summed E-state index contributed by atoms with van der Waals surface area (Å²) in [4.78, 5) is 7.01. The monoisotopic (exact) mass is 345 g/mol. The molecule has 1 aromatic heterocycles. The first kappa shape index (κ1) is 13.9. The van der Waals surface area contributed by atoms with E-state index in [1.807, 2.05) is 6.92 Å². The second-order valence-electron chi connectivity index (χ2n) is 5.63. The van der Waals surface area contributed by atoms with E-state index in [4.69, 9.17) is 4.63 Å². The summed E-state index contributed by atoms with van der Waals surface area (Å²) in [5.74, 6) is 0.540. The van der Waals surface area contributed by atoms with Crippen molar-refractivity contribution < 1.29 is 31.3 Å². The number of halogens is 1. The highest BCUT2D eigenvalue weighted by Gasteiger charge is 2.53. The van der Waals surface area contributed by atoms with E-state index in [2.05, 4.69) is 30.2 Å². The van der Waals surface area contributed by atoms with Gasteiger partial charge in [0.2, 0.25) is 5.69 Å². The van der Waals surface area contributed by atoms with Gasteiger partial charge in [-0.15, -0.1) is 0 Å². The van der Waals surface area contributed by atoms with E-state index < -0.39 is 0 Å². The number of quaternary nitrogens is 1. The normalized spacial score (nSPS) is 38.9. The van der Waals surface area contributed by atoms with Crippen molar-refractivity contribution in [2.75, 3.05) is 40.0 Å². The standard InChI is InChI=1S/C10H15N7O2.BrH/c1-8-9(13-19-12-8)10(11-18)17-5-14-2-15(6-17)4-16(3-14)7-17;/h2-7H2,1H3;1H. The van der Waals surface area contributed by atoms with E-state index in [9.17, 15) is 5.21 Å². The molecule has 1 N–H and O–H groups in total. The molecule has 0 spiro atoms. The van der Waals surface area contributed by atoms with Gasteiger partial charge in [0, 0.05) is 0 Å². The maximum absolute atomic E-state index is 9.49. The Bertz CT molecular complexity index is 510. The van der Waals surface area contributed by atoms with Crippen molar-refractivity contribution in [1.82, 2.24) is 25.0 Å². The first-order valence-electron chi connectivity index (χ1n) is 6.25. The Morgan fingerprint density at radius 1 is 1.15 bits per heavy atom. The lowest BCUT2D eigenvalue weighted by Crippen LogP contribution is -3.00. The molecule has 0 saturated carbocycles. The van der Waals surface area contributed by atoms with E-state index in [1.165, 1.54) is 0 Å². The molecule has 9 nitrogen and oxygen atoms in total. The van der Waals surface area contributed by atoms with E-state index in [0.717, 1.165) is 40.0 Å². The van der Waals surface area contributed by atoms with Crippen molar-refractivity contribution in [1.29, 1.82) is 0 Å². The van der Waals surface area contributed by atoms with Gasteiger partial charge in [0.1, 0.15) is 25.7 Å². The Balaban J connectivity index is 0.00000121. The molecule has 110 valence electrons. The molecule has 4 bridgehead atoms. The number of oxime groups is 1. The summed E-state index contributed by atoms with van der Waals surface area (Å²) in [6.45, 7) is 7.24. The average molecular weight is 346 g/mol. The molecule has 0 aromatic carbocycles. The van der Waals surface area contributed by atoms with Crippen LogP contribution in [0.15, 0.2) is 9.78 Å². The number of nitrogens with zero attached hydrogens (tertiary/aromatic N) is 7. The highest BCUT2D eigenvalue weighted by molar-refractivity contribution is 5.92. The Morgan fingerprint density at radius 2 is 1.70 bits per heavy atom. The van der Waals surface area contributed by atoms with Crippen LogP contribution in [0, 0.1) is 6.92 Å². The molecule has 0 unspecified atom stereocenters. The molecule has 4 fully saturated rings. The predicted octanol–water partition coefficient (Wildman–Crippen LogP) is -3.97. The fourth-order valence-corrected chi connectivity index (χ4v) is 3.54. The molecule has 20 heavy (non-hydrogen) atoms. The second-order valence-corrected chi connectivity index (χ2v) is 5.63. The summed E-state index contributed by atoms with van der Waals surface area (Å²) in [6.07, 6.45) is 0. The van der Waals surface area contributed by atoms with Crippen molar-refractivity contribution in [3.8, 4) is 0 Å². The molecule has 0 aliphatic carbocycles. The third-order valence-electron chi connectivity index (χ3n) is 4.02. The van der Waals surface area contributed by atoms with E-state index >= 15 is 0 Å². The van der Waals surface area contributed by atoms with Crippen LogP contribution in [-0.2, 0) is 0 Å². The summed E-state index contributed by atoms with van der Waals surface area (Å²) in [5, 5.41) is 20.7. The Labute approximate surface area is 126 Å². The maximum Gasteiger partial charge on any atom is 0.296 e. The first-order valence-corrected chi connectivity index (χ1v) is 6.25. The van der Waals surface area contributed by atoms with Gasteiger partial charge >= 0.3 is 0 Å². The minimum atomic E-state index is 0. The van der Waals surface area contributed by atoms with Crippen molar-refractivity contribution in [2.45, 2.75) is 6.92 Å². The molecule has 5 rings (SSSR count). The van der Waals surface area contributed by atoms with Crippen LogP contribution in [0.1, 0.15) is 11.4 Å². The third kappa shape index (κ3) is 1.87. The van der Waals surface area contributed by atoms with Gasteiger partial charge in [-0.1, -0.05) is 5.16 Å². The zero-order valence-corrected chi connectivity index (χ0v) is 12.7. The highest BCUT2D eigenvalue weighted by atomic mass is 79.9. The lowest BCUT2D eigenvalue weighted by molar-refractivity contribution is -0.904. The summed E-state index contributed by atoms with van der Waals surface area (Å²) >= 11 is 0. The molecule has 1 aromatic rings. The molecule has 0 radical (unpaired) electrons. The van der Waals surface area contributed by atoms with Crippen molar-refractivity contribution in [3.63, 3.8) is 0 Å². The van der Waals surface area contributed by atoms with Gasteiger partial charge in [0.15, 0.2) is 0 Å². The van der Waals surface area contributed by atoms with Crippen LogP contribution in [-0.4, -0.2) is 80.6 Å². The minimum absolute atomic E-state index is 0. The molecule has 4 saturated heterocycles. The largest absolute Gasteiger partial charge is 1.00 e. The van der Waals surface area contributed by atoms with Gasteiger partial charge in [0.25, 0.3) is 5.84 Å². The Morgan fingerprint density at radius 3 is 2.10 bits per heavy atom. The number of aromatic nitrogens is 2. The van der Waals surface area contributed by atoms with Gasteiger partial charge < -0.3 is 22.2 Å². The smallest absolute Gasteiger partial charge is 0.296 e. The SMILES string of the molecule is Cc1nonc1C(=NO)[N+]12CN3CN(CN(C3)C1)C2.[Br-]. The maximum atomic E-state index is 9.49. The van der Waals surface area contributed by atoms with Crippen LogP contribution in [0.2, 0.25) is 0 Å². The fraction of sp³-hybridized carbons (Fsp3) is 0.700. The van der Waals surface area contributed by atoms with E-state index in [0.29, 0.717) is 21.7 Å². The predicted molar refractivity (Wildman–Crippen MR) is 62.3 cm³/mol. The topological polar surface area (TPSA) is 81.2 Å². The fourth-order valence-electron chi connectivity index (χ4n) is 3.54. The van der Waals surface area contributed by atoms with Crippen molar-refractivity contribution in [2.24, 2.45) is 5.16 Å². The number of aryl methyl sites for hydroxylation is 1.